The number of nitrogens with one attached hydrogen (secondary N) is 2. The van der Waals surface area contributed by atoms with Crippen LogP contribution < -0.4 is 10.6 Å². The number of anilines is 1. The Hall–Kier alpha value is -2.52. The molecule has 7 nitrogen and oxygen atoms in total. The van der Waals surface area contributed by atoms with Crippen LogP contribution >= 0.6 is 23.6 Å². The van der Waals surface area contributed by atoms with Crippen molar-refractivity contribution in [1.82, 2.24) is 15.2 Å². The van der Waals surface area contributed by atoms with E-state index in [9.17, 15) is 9.59 Å². The van der Waals surface area contributed by atoms with Crippen molar-refractivity contribution in [2.75, 3.05) is 26.5 Å². The van der Waals surface area contributed by atoms with Crippen molar-refractivity contribution in [1.29, 1.82) is 0 Å². The van der Waals surface area contributed by atoms with Crippen molar-refractivity contribution in [3.05, 3.63) is 46.1 Å². The second kappa shape index (κ2) is 8.72. The van der Waals surface area contributed by atoms with Gasteiger partial charge in [-0.1, -0.05) is 6.07 Å². The molecule has 0 radical (unpaired) electrons. The largest absolute Gasteiger partial charge is 0.465 e. The van der Waals surface area contributed by atoms with Gasteiger partial charge in [0.15, 0.2) is 5.11 Å². The summed E-state index contributed by atoms with van der Waals surface area (Å²) in [6.45, 7) is 2.21. The number of rotatable bonds is 5. The van der Waals surface area contributed by atoms with E-state index in [1.54, 1.807) is 33.4 Å². The molecule has 2 rings (SSSR count). The fraction of sp³-hybridized carbons (Fsp3) is 0.294. The number of thiophene rings is 1. The molecule has 0 aliphatic rings. The Morgan fingerprint density at radius 2 is 2.12 bits per heavy atom. The predicted molar refractivity (Wildman–Crippen MR) is 106 cm³/mol. The number of hydrogen-bond acceptors (Lipinski definition) is 6. The lowest BCUT2D eigenvalue weighted by Gasteiger charge is -2.10. The van der Waals surface area contributed by atoms with Crippen molar-refractivity contribution in [3.63, 3.8) is 0 Å². The Morgan fingerprint density at radius 3 is 2.69 bits per heavy atom. The third-order valence-electron chi connectivity index (χ3n) is 3.54. The van der Waals surface area contributed by atoms with E-state index in [0.29, 0.717) is 32.7 Å². The van der Waals surface area contributed by atoms with Gasteiger partial charge in [0.05, 0.1) is 17.6 Å². The second-order valence-corrected chi connectivity index (χ2v) is 7.05. The summed E-state index contributed by atoms with van der Waals surface area (Å²) in [5.41, 5.74) is 1.85. The summed E-state index contributed by atoms with van der Waals surface area (Å²) in [5.74, 6) is -0.700. The van der Waals surface area contributed by atoms with E-state index >= 15 is 0 Å². The Bertz CT molecular complexity index is 819. The number of methoxy groups -OCH3 is 1. The van der Waals surface area contributed by atoms with Crippen molar-refractivity contribution in [2.24, 2.45) is 0 Å². The van der Waals surface area contributed by atoms with Crippen molar-refractivity contribution >= 4 is 45.5 Å². The Labute approximate surface area is 161 Å². The standard InChI is InChI=1S/C17H20N4O3S2/c1-10-12(16(23)24-4)14(26-13(10)15(22)21(2)3)20-17(25)19-9-11-6-5-7-18-8-11/h5-8H,9H2,1-4H3,(H2,19,20,25). The van der Waals surface area contributed by atoms with Crippen LogP contribution in [0.3, 0.4) is 0 Å². The molecule has 1 amide bonds. The van der Waals surface area contributed by atoms with E-state index in [4.69, 9.17) is 17.0 Å². The van der Waals surface area contributed by atoms with Gasteiger partial charge < -0.3 is 20.3 Å². The molecule has 2 N–H and O–H groups in total. The fourth-order valence-corrected chi connectivity index (χ4v) is 3.65. The Balaban J connectivity index is 2.21. The number of nitrogens with zero attached hydrogens (tertiary/aromatic N) is 2. The minimum Gasteiger partial charge on any atom is -0.465 e. The molecule has 0 aromatic carbocycles. The van der Waals surface area contributed by atoms with Gasteiger partial charge >= 0.3 is 5.97 Å². The SMILES string of the molecule is COC(=O)c1c(NC(=S)NCc2cccnc2)sc(C(=O)N(C)C)c1C. The number of pyridine rings is 1. The van der Waals surface area contributed by atoms with Crippen molar-refractivity contribution in [3.8, 4) is 0 Å². The van der Waals surface area contributed by atoms with Crippen LogP contribution in [-0.4, -0.2) is 48.1 Å². The van der Waals surface area contributed by atoms with E-state index in [0.717, 1.165) is 5.56 Å². The zero-order valence-corrected chi connectivity index (χ0v) is 16.6. The molecular formula is C17H20N4O3S2. The highest BCUT2D eigenvalue weighted by molar-refractivity contribution is 7.80. The predicted octanol–water partition coefficient (Wildman–Crippen LogP) is 2.43. The van der Waals surface area contributed by atoms with Gasteiger partial charge in [-0.25, -0.2) is 4.79 Å². The maximum atomic E-state index is 12.3. The Morgan fingerprint density at radius 1 is 1.38 bits per heavy atom. The van der Waals surface area contributed by atoms with Crippen molar-refractivity contribution in [2.45, 2.75) is 13.5 Å². The normalized spacial score (nSPS) is 10.2. The average molecular weight is 393 g/mol. The molecule has 0 saturated carbocycles. The van der Waals surface area contributed by atoms with E-state index < -0.39 is 5.97 Å². The molecule has 0 aliphatic heterocycles. The molecule has 0 spiro atoms. The number of carbonyl (C=O) groups excluding carboxylic acids is 2. The van der Waals surface area contributed by atoms with Crippen LogP contribution in [0.25, 0.3) is 0 Å². The summed E-state index contributed by atoms with van der Waals surface area (Å²) < 4.78 is 4.85. The van der Waals surface area contributed by atoms with Gasteiger partial charge in [0.1, 0.15) is 5.00 Å². The smallest absolute Gasteiger partial charge is 0.341 e. The minimum atomic E-state index is -0.519. The average Bonchev–Trinajstić information content (AvgIpc) is 2.95. The number of hydrogen-bond donors (Lipinski definition) is 2. The number of amides is 1. The van der Waals surface area contributed by atoms with Gasteiger partial charge in [-0.2, -0.15) is 0 Å². The highest BCUT2D eigenvalue weighted by Gasteiger charge is 2.26. The fourth-order valence-electron chi connectivity index (χ4n) is 2.19. The number of ether oxygens (including phenoxy) is 1. The molecule has 2 aromatic rings. The number of aromatic nitrogens is 1. The van der Waals surface area contributed by atoms with Crippen LogP contribution in [0.5, 0.6) is 0 Å². The minimum absolute atomic E-state index is 0.181. The molecule has 0 saturated heterocycles. The van der Waals surface area contributed by atoms with E-state index in [-0.39, 0.29) is 5.91 Å². The summed E-state index contributed by atoms with van der Waals surface area (Å²) >= 11 is 6.48. The van der Waals surface area contributed by atoms with Crippen molar-refractivity contribution < 1.29 is 14.3 Å². The maximum absolute atomic E-state index is 12.3. The van der Waals surface area contributed by atoms with Gasteiger partial charge in [0, 0.05) is 33.0 Å². The quantitative estimate of drug-likeness (QED) is 0.597. The molecule has 0 unspecified atom stereocenters. The molecule has 9 heteroatoms. The highest BCUT2D eigenvalue weighted by atomic mass is 32.1. The van der Waals surface area contributed by atoms with Crippen LogP contribution in [-0.2, 0) is 11.3 Å². The maximum Gasteiger partial charge on any atom is 0.341 e. The first kappa shape index (κ1) is 19.8. The van der Waals surface area contributed by atoms with E-state index in [2.05, 4.69) is 15.6 Å². The Kier molecular flexibility index (Phi) is 6.64. The summed E-state index contributed by atoms with van der Waals surface area (Å²) in [4.78, 5) is 30.5. The van der Waals surface area contributed by atoms with Crippen LogP contribution in [0.15, 0.2) is 24.5 Å². The lowest BCUT2D eigenvalue weighted by molar-refractivity contribution is 0.0601. The molecule has 2 aromatic heterocycles. The summed E-state index contributed by atoms with van der Waals surface area (Å²) in [5, 5.41) is 6.86. The lowest BCUT2D eigenvalue weighted by atomic mass is 10.1. The molecular weight excluding hydrogens is 372 g/mol. The van der Waals surface area contributed by atoms with Gasteiger partial charge in [-0.3, -0.25) is 9.78 Å². The van der Waals surface area contributed by atoms with Gasteiger partial charge in [-0.05, 0) is 36.3 Å². The lowest BCUT2D eigenvalue weighted by Crippen LogP contribution is -2.28. The monoisotopic (exact) mass is 392 g/mol. The molecule has 0 aliphatic carbocycles. The summed E-state index contributed by atoms with van der Waals surface area (Å²) in [6, 6.07) is 3.76. The molecule has 0 bridgehead atoms. The molecule has 0 fully saturated rings. The molecule has 26 heavy (non-hydrogen) atoms. The first-order valence-electron chi connectivity index (χ1n) is 7.72. The van der Waals surface area contributed by atoms with Crippen LogP contribution in [0.4, 0.5) is 5.00 Å². The first-order chi connectivity index (χ1) is 12.3. The highest BCUT2D eigenvalue weighted by Crippen LogP contribution is 2.34. The summed E-state index contributed by atoms with van der Waals surface area (Å²) in [6.07, 6.45) is 3.43. The third kappa shape index (κ3) is 4.55. The van der Waals surface area contributed by atoms with E-state index in [1.807, 2.05) is 12.1 Å². The number of thiocarbonyl (C=S) groups is 1. The topological polar surface area (TPSA) is 83.6 Å². The zero-order chi connectivity index (χ0) is 19.3. The zero-order valence-electron chi connectivity index (χ0n) is 15.0. The molecule has 138 valence electrons. The number of esters is 1. The molecule has 2 heterocycles. The molecule has 0 atom stereocenters. The first-order valence-corrected chi connectivity index (χ1v) is 8.94. The van der Waals surface area contributed by atoms with Gasteiger partial charge in [0.2, 0.25) is 0 Å². The van der Waals surface area contributed by atoms with Gasteiger partial charge in [0.25, 0.3) is 5.91 Å². The van der Waals surface area contributed by atoms with Crippen LogP contribution in [0.2, 0.25) is 0 Å². The number of carbonyl (C=O) groups is 2. The third-order valence-corrected chi connectivity index (χ3v) is 4.98. The van der Waals surface area contributed by atoms with E-state index in [1.165, 1.54) is 23.3 Å². The summed E-state index contributed by atoms with van der Waals surface area (Å²) in [7, 11) is 4.62. The van der Waals surface area contributed by atoms with Crippen LogP contribution in [0, 0.1) is 6.92 Å². The second-order valence-electron chi connectivity index (χ2n) is 5.62. The van der Waals surface area contributed by atoms with Gasteiger partial charge in [-0.15, -0.1) is 11.3 Å². The van der Waals surface area contributed by atoms with Crippen LogP contribution in [0.1, 0.15) is 31.2 Å².